The number of ether oxygens (including phenoxy) is 1. The number of likely N-dealkylation sites (N-methyl/N-ethyl adjacent to an activating group) is 1. The molecule has 1 unspecified atom stereocenters. The number of carbonyl (C=O) groups excluding carboxylic acids is 1. The van der Waals surface area contributed by atoms with Crippen molar-refractivity contribution in [2.45, 2.75) is 13.0 Å². The minimum absolute atomic E-state index is 0. The zero-order chi connectivity index (χ0) is 17.4. The molecule has 0 aliphatic heterocycles. The van der Waals surface area contributed by atoms with Crippen molar-refractivity contribution in [1.82, 2.24) is 10.6 Å². The smallest absolute Gasteiger partial charge is 0.265 e. The molecule has 4 nitrogen and oxygen atoms in total. The second-order valence-electron chi connectivity index (χ2n) is 5.13. The Morgan fingerprint density at radius 3 is 2.56 bits per heavy atom. The van der Waals surface area contributed by atoms with Gasteiger partial charge in [-0.25, -0.2) is 4.39 Å². The summed E-state index contributed by atoms with van der Waals surface area (Å²) in [6, 6.07) is 12.9. The van der Waals surface area contributed by atoms with Gasteiger partial charge in [0.1, 0.15) is 11.6 Å². The molecule has 2 aromatic carbocycles. The maximum atomic E-state index is 13.2. The van der Waals surface area contributed by atoms with Gasteiger partial charge in [0, 0.05) is 18.7 Å². The van der Waals surface area contributed by atoms with E-state index in [1.54, 1.807) is 12.1 Å². The summed E-state index contributed by atoms with van der Waals surface area (Å²) in [5, 5.41) is 6.07. The van der Waals surface area contributed by atoms with Crippen LogP contribution in [0.2, 0.25) is 5.02 Å². The summed E-state index contributed by atoms with van der Waals surface area (Å²) in [6.07, 6.45) is -0.865. The van der Waals surface area contributed by atoms with Gasteiger partial charge in [0.05, 0.1) is 5.02 Å². The van der Waals surface area contributed by atoms with Crippen LogP contribution in [0.5, 0.6) is 5.75 Å². The van der Waals surface area contributed by atoms with Gasteiger partial charge in [0.15, 0.2) is 0 Å². The molecule has 0 bridgehead atoms. The highest BCUT2D eigenvalue weighted by Gasteiger charge is 2.23. The first-order chi connectivity index (χ1) is 11.6. The Morgan fingerprint density at radius 1 is 1.20 bits per heavy atom. The van der Waals surface area contributed by atoms with Gasteiger partial charge in [0.25, 0.3) is 5.91 Å². The van der Waals surface area contributed by atoms with Crippen molar-refractivity contribution in [2.75, 3.05) is 19.6 Å². The maximum Gasteiger partial charge on any atom is 0.265 e. The lowest BCUT2D eigenvalue weighted by Crippen LogP contribution is -2.36. The molecule has 1 amide bonds. The van der Waals surface area contributed by atoms with Crippen LogP contribution in [-0.4, -0.2) is 25.5 Å². The van der Waals surface area contributed by atoms with E-state index in [2.05, 4.69) is 10.6 Å². The normalized spacial score (nSPS) is 11.3. The molecule has 0 fully saturated rings. The molecular weight excluding hydrogens is 366 g/mol. The number of rotatable bonds is 8. The van der Waals surface area contributed by atoms with Gasteiger partial charge < -0.3 is 15.4 Å². The molecule has 0 saturated heterocycles. The van der Waals surface area contributed by atoms with Crippen LogP contribution in [0.1, 0.15) is 18.6 Å². The first-order valence-electron chi connectivity index (χ1n) is 7.77. The van der Waals surface area contributed by atoms with Gasteiger partial charge in [-0.3, -0.25) is 4.79 Å². The summed E-state index contributed by atoms with van der Waals surface area (Å²) in [7, 11) is 0. The molecule has 2 aromatic rings. The number of halogens is 3. The molecule has 2 rings (SSSR count). The van der Waals surface area contributed by atoms with Crippen LogP contribution in [0.4, 0.5) is 4.39 Å². The van der Waals surface area contributed by atoms with E-state index in [1.807, 2.05) is 25.1 Å². The number of carbonyl (C=O) groups is 1. The van der Waals surface area contributed by atoms with Crippen molar-refractivity contribution in [3.63, 3.8) is 0 Å². The Labute approximate surface area is 158 Å². The fourth-order valence-corrected chi connectivity index (χ4v) is 2.35. The van der Waals surface area contributed by atoms with Crippen LogP contribution >= 0.6 is 24.0 Å². The number of hydrogen-bond donors (Lipinski definition) is 2. The van der Waals surface area contributed by atoms with E-state index in [9.17, 15) is 9.18 Å². The molecule has 1 atom stereocenters. The molecular formula is C18H21Cl2FN2O2. The first-order valence-corrected chi connectivity index (χ1v) is 8.14. The Balaban J connectivity index is 0.00000312. The van der Waals surface area contributed by atoms with Gasteiger partial charge in [-0.05, 0) is 24.7 Å². The second-order valence-corrected chi connectivity index (χ2v) is 5.54. The van der Waals surface area contributed by atoms with Gasteiger partial charge in [0.2, 0.25) is 6.10 Å². The molecule has 0 saturated carbocycles. The van der Waals surface area contributed by atoms with Crippen molar-refractivity contribution in [2.24, 2.45) is 0 Å². The monoisotopic (exact) mass is 386 g/mol. The van der Waals surface area contributed by atoms with E-state index >= 15 is 0 Å². The molecule has 0 spiro atoms. The van der Waals surface area contributed by atoms with Crippen molar-refractivity contribution < 1.29 is 13.9 Å². The fourth-order valence-electron chi connectivity index (χ4n) is 2.14. The Bertz CT molecular complexity index is 671. The predicted octanol–water partition coefficient (Wildman–Crippen LogP) is 3.75. The van der Waals surface area contributed by atoms with Crippen LogP contribution < -0.4 is 15.4 Å². The maximum absolute atomic E-state index is 13.2. The van der Waals surface area contributed by atoms with Crippen LogP contribution in [0.15, 0.2) is 48.5 Å². The van der Waals surface area contributed by atoms with Crippen LogP contribution in [0, 0.1) is 5.82 Å². The third kappa shape index (κ3) is 6.53. The van der Waals surface area contributed by atoms with Crippen molar-refractivity contribution in [3.8, 4) is 5.75 Å². The summed E-state index contributed by atoms with van der Waals surface area (Å²) in [5.74, 6) is -0.480. The average molecular weight is 387 g/mol. The Morgan fingerprint density at radius 2 is 1.92 bits per heavy atom. The SMILES string of the molecule is CCNCCNC(=O)C(Oc1ccc(F)cc1Cl)c1ccccc1.Cl. The lowest BCUT2D eigenvalue weighted by Gasteiger charge is -2.20. The van der Waals surface area contributed by atoms with Crippen molar-refractivity contribution >= 4 is 29.9 Å². The van der Waals surface area contributed by atoms with Gasteiger partial charge >= 0.3 is 0 Å². The molecule has 25 heavy (non-hydrogen) atoms. The second kappa shape index (κ2) is 10.9. The zero-order valence-electron chi connectivity index (χ0n) is 13.8. The lowest BCUT2D eigenvalue weighted by molar-refractivity contribution is -0.128. The van der Waals surface area contributed by atoms with Gasteiger partial charge in [-0.1, -0.05) is 48.9 Å². The largest absolute Gasteiger partial charge is 0.474 e. The van der Waals surface area contributed by atoms with E-state index in [0.717, 1.165) is 12.6 Å². The third-order valence-corrected chi connectivity index (χ3v) is 3.63. The Hall–Kier alpha value is -1.82. The molecule has 2 N–H and O–H groups in total. The summed E-state index contributed by atoms with van der Waals surface area (Å²) in [5.41, 5.74) is 0.693. The number of benzene rings is 2. The van der Waals surface area contributed by atoms with E-state index in [-0.39, 0.29) is 29.1 Å². The number of amides is 1. The van der Waals surface area contributed by atoms with Crippen molar-refractivity contribution in [3.05, 3.63) is 64.9 Å². The fraction of sp³-hybridized carbons (Fsp3) is 0.278. The molecule has 0 aliphatic carbocycles. The highest BCUT2D eigenvalue weighted by molar-refractivity contribution is 6.32. The minimum Gasteiger partial charge on any atom is -0.474 e. The molecule has 0 heterocycles. The summed E-state index contributed by atoms with van der Waals surface area (Å²) < 4.78 is 19.0. The van der Waals surface area contributed by atoms with Gasteiger partial charge in [-0.15, -0.1) is 12.4 Å². The Kier molecular flexibility index (Phi) is 9.27. The molecule has 7 heteroatoms. The lowest BCUT2D eigenvalue weighted by atomic mass is 10.1. The standard InChI is InChI=1S/C18H20ClFN2O2.ClH/c1-2-21-10-11-22-18(23)17(13-6-4-3-5-7-13)24-16-9-8-14(20)12-15(16)19;/h3-9,12,17,21H,2,10-11H2,1H3,(H,22,23);1H. The molecule has 0 aliphatic rings. The highest BCUT2D eigenvalue weighted by atomic mass is 35.5. The minimum atomic E-state index is -0.865. The van der Waals surface area contributed by atoms with Gasteiger partial charge in [-0.2, -0.15) is 0 Å². The van der Waals surface area contributed by atoms with E-state index in [1.165, 1.54) is 12.1 Å². The van der Waals surface area contributed by atoms with E-state index < -0.39 is 11.9 Å². The quantitative estimate of drug-likeness (QED) is 0.679. The first kappa shape index (κ1) is 21.2. The topological polar surface area (TPSA) is 50.4 Å². The molecule has 136 valence electrons. The van der Waals surface area contributed by atoms with Crippen molar-refractivity contribution in [1.29, 1.82) is 0 Å². The van der Waals surface area contributed by atoms with Crippen LogP contribution in [0.3, 0.4) is 0 Å². The van der Waals surface area contributed by atoms with Crippen LogP contribution in [0.25, 0.3) is 0 Å². The zero-order valence-corrected chi connectivity index (χ0v) is 15.4. The highest BCUT2D eigenvalue weighted by Crippen LogP contribution is 2.29. The number of hydrogen-bond acceptors (Lipinski definition) is 3. The molecule has 0 radical (unpaired) electrons. The molecule has 0 aromatic heterocycles. The number of nitrogens with one attached hydrogen (secondary N) is 2. The van der Waals surface area contributed by atoms with Crippen LogP contribution in [-0.2, 0) is 4.79 Å². The summed E-state index contributed by atoms with van der Waals surface area (Å²) in [4.78, 5) is 12.5. The average Bonchev–Trinajstić information content (AvgIpc) is 2.58. The predicted molar refractivity (Wildman–Crippen MR) is 100 cm³/mol. The third-order valence-electron chi connectivity index (χ3n) is 3.33. The van der Waals surface area contributed by atoms with E-state index in [0.29, 0.717) is 18.7 Å². The van der Waals surface area contributed by atoms with E-state index in [4.69, 9.17) is 16.3 Å². The summed E-state index contributed by atoms with van der Waals surface area (Å²) in [6.45, 7) is 3.98. The summed E-state index contributed by atoms with van der Waals surface area (Å²) >= 11 is 6.00.